The normalized spacial score (nSPS) is 19.3. The maximum atomic E-state index is 11.4. The van der Waals surface area contributed by atoms with Crippen molar-refractivity contribution in [3.05, 3.63) is 0 Å². The third kappa shape index (κ3) is 3.22. The van der Waals surface area contributed by atoms with Crippen molar-refractivity contribution >= 4 is 11.9 Å². The highest BCUT2D eigenvalue weighted by atomic mass is 16.4. The van der Waals surface area contributed by atoms with Crippen molar-refractivity contribution in [2.75, 3.05) is 6.54 Å². The van der Waals surface area contributed by atoms with Gasteiger partial charge in [0.1, 0.15) is 5.92 Å². The van der Waals surface area contributed by atoms with E-state index in [1.54, 1.807) is 0 Å². The molecule has 0 aromatic carbocycles. The summed E-state index contributed by atoms with van der Waals surface area (Å²) < 4.78 is 0. The topological polar surface area (TPSA) is 66.4 Å². The monoisotopic (exact) mass is 213 g/mol. The Hall–Kier alpha value is -1.06. The Labute approximate surface area is 90.0 Å². The van der Waals surface area contributed by atoms with Crippen LogP contribution < -0.4 is 5.32 Å². The van der Waals surface area contributed by atoms with E-state index in [0.717, 1.165) is 25.7 Å². The highest BCUT2D eigenvalue weighted by Gasteiger charge is 2.41. The Morgan fingerprint density at radius 2 is 2.07 bits per heavy atom. The number of carbonyl (C=O) groups is 2. The third-order valence-electron chi connectivity index (χ3n) is 3.14. The first-order valence-electron chi connectivity index (χ1n) is 5.51. The number of carboxylic acid groups (broad SMARTS) is 1. The summed E-state index contributed by atoms with van der Waals surface area (Å²) in [5, 5.41) is 11.4. The van der Waals surface area contributed by atoms with Gasteiger partial charge in [-0.05, 0) is 31.6 Å². The maximum absolute atomic E-state index is 11.4. The van der Waals surface area contributed by atoms with Crippen LogP contribution in [0.25, 0.3) is 0 Å². The number of hydrogen-bond acceptors (Lipinski definition) is 2. The molecule has 86 valence electrons. The predicted molar refractivity (Wildman–Crippen MR) is 56.4 cm³/mol. The van der Waals surface area contributed by atoms with E-state index in [9.17, 15) is 9.59 Å². The third-order valence-corrected chi connectivity index (χ3v) is 3.14. The van der Waals surface area contributed by atoms with Crippen molar-refractivity contribution in [2.45, 2.75) is 39.5 Å². The van der Waals surface area contributed by atoms with Crippen molar-refractivity contribution in [2.24, 2.45) is 11.3 Å². The number of hydrogen-bond donors (Lipinski definition) is 2. The van der Waals surface area contributed by atoms with Crippen molar-refractivity contribution in [1.82, 2.24) is 5.32 Å². The van der Waals surface area contributed by atoms with E-state index in [-0.39, 0.29) is 11.3 Å². The highest BCUT2D eigenvalue weighted by Crippen LogP contribution is 2.48. The summed E-state index contributed by atoms with van der Waals surface area (Å²) in [6.07, 6.45) is 4.55. The van der Waals surface area contributed by atoms with Crippen LogP contribution in [0.2, 0.25) is 0 Å². The lowest BCUT2D eigenvalue weighted by molar-refractivity contribution is -0.146. The molecular formula is C11H19NO3. The first-order valence-corrected chi connectivity index (χ1v) is 5.51. The van der Waals surface area contributed by atoms with Gasteiger partial charge in [0.15, 0.2) is 0 Å². The van der Waals surface area contributed by atoms with E-state index in [2.05, 4.69) is 12.2 Å². The van der Waals surface area contributed by atoms with Crippen LogP contribution in [0.5, 0.6) is 0 Å². The Bertz CT molecular complexity index is 259. The molecule has 1 aliphatic rings. The summed E-state index contributed by atoms with van der Waals surface area (Å²) in [5.74, 6) is -2.37. The van der Waals surface area contributed by atoms with Gasteiger partial charge in [-0.25, -0.2) is 0 Å². The second kappa shape index (κ2) is 4.64. The summed E-state index contributed by atoms with van der Waals surface area (Å²) in [4.78, 5) is 21.9. The van der Waals surface area contributed by atoms with Crippen molar-refractivity contribution in [3.8, 4) is 0 Å². The highest BCUT2D eigenvalue weighted by molar-refractivity contribution is 5.96. The maximum Gasteiger partial charge on any atom is 0.315 e. The molecule has 1 unspecified atom stereocenters. The van der Waals surface area contributed by atoms with Crippen LogP contribution >= 0.6 is 0 Å². The number of carboxylic acids is 1. The van der Waals surface area contributed by atoms with E-state index in [0.29, 0.717) is 6.54 Å². The minimum Gasteiger partial charge on any atom is -0.481 e. The Morgan fingerprint density at radius 3 is 2.47 bits per heavy atom. The van der Waals surface area contributed by atoms with E-state index in [4.69, 9.17) is 5.11 Å². The van der Waals surface area contributed by atoms with Gasteiger partial charge in [0, 0.05) is 6.54 Å². The van der Waals surface area contributed by atoms with E-state index < -0.39 is 11.9 Å². The van der Waals surface area contributed by atoms with Gasteiger partial charge in [-0.15, -0.1) is 0 Å². The van der Waals surface area contributed by atoms with E-state index in [1.165, 1.54) is 6.92 Å². The number of amides is 1. The second-order valence-corrected chi connectivity index (χ2v) is 4.53. The predicted octanol–water partition coefficient (Wildman–Crippen LogP) is 1.40. The van der Waals surface area contributed by atoms with E-state index >= 15 is 0 Å². The zero-order valence-electron chi connectivity index (χ0n) is 9.38. The summed E-state index contributed by atoms with van der Waals surface area (Å²) in [5.41, 5.74) is 0.280. The Balaban J connectivity index is 2.31. The second-order valence-electron chi connectivity index (χ2n) is 4.53. The minimum atomic E-state index is -1.06. The lowest BCUT2D eigenvalue weighted by Gasteiger charge is -2.15. The van der Waals surface area contributed by atoms with Gasteiger partial charge < -0.3 is 10.4 Å². The number of rotatable bonds is 6. The van der Waals surface area contributed by atoms with Crippen LogP contribution in [0.15, 0.2) is 0 Å². The molecule has 15 heavy (non-hydrogen) atoms. The fourth-order valence-electron chi connectivity index (χ4n) is 1.76. The number of carbonyl (C=O) groups excluding carboxylic acids is 1. The molecule has 1 saturated carbocycles. The molecule has 1 fully saturated rings. The summed E-state index contributed by atoms with van der Waals surface area (Å²) in [7, 11) is 0. The van der Waals surface area contributed by atoms with Gasteiger partial charge in [0.2, 0.25) is 5.91 Å². The molecule has 0 heterocycles. The SMILES string of the molecule is CCCC1(CNC(=O)C(C)C(=O)O)CC1. The van der Waals surface area contributed by atoms with Gasteiger partial charge in [-0.2, -0.15) is 0 Å². The molecule has 0 aliphatic heterocycles. The molecule has 0 spiro atoms. The fraction of sp³-hybridized carbons (Fsp3) is 0.818. The van der Waals surface area contributed by atoms with Crippen molar-refractivity contribution in [3.63, 3.8) is 0 Å². The summed E-state index contributed by atoms with van der Waals surface area (Å²) in [6.45, 7) is 4.18. The first kappa shape index (κ1) is 12.0. The van der Waals surface area contributed by atoms with Gasteiger partial charge >= 0.3 is 5.97 Å². The molecule has 0 bridgehead atoms. The van der Waals surface area contributed by atoms with Crippen LogP contribution in [-0.4, -0.2) is 23.5 Å². The van der Waals surface area contributed by atoms with Crippen LogP contribution in [0, 0.1) is 11.3 Å². The van der Waals surface area contributed by atoms with Crippen LogP contribution in [-0.2, 0) is 9.59 Å². The molecule has 0 radical (unpaired) electrons. The molecule has 2 N–H and O–H groups in total. The fourth-order valence-corrected chi connectivity index (χ4v) is 1.76. The Kier molecular flexibility index (Phi) is 3.72. The first-order chi connectivity index (χ1) is 7.01. The minimum absolute atomic E-state index is 0.280. The number of aliphatic carboxylic acids is 1. The standard InChI is InChI=1S/C11H19NO3/c1-3-4-11(5-6-11)7-12-9(13)8(2)10(14)15/h8H,3-7H2,1-2H3,(H,12,13)(H,14,15). The molecular weight excluding hydrogens is 194 g/mol. The zero-order valence-corrected chi connectivity index (χ0v) is 9.38. The lowest BCUT2D eigenvalue weighted by Crippen LogP contribution is -2.37. The van der Waals surface area contributed by atoms with Crippen LogP contribution in [0.4, 0.5) is 0 Å². The quantitative estimate of drug-likeness (QED) is 0.655. The molecule has 0 aromatic rings. The lowest BCUT2D eigenvalue weighted by atomic mass is 10.0. The average molecular weight is 213 g/mol. The molecule has 1 amide bonds. The molecule has 0 saturated heterocycles. The smallest absolute Gasteiger partial charge is 0.315 e. The summed E-state index contributed by atoms with van der Waals surface area (Å²) in [6, 6.07) is 0. The molecule has 1 aliphatic carbocycles. The molecule has 0 aromatic heterocycles. The largest absolute Gasteiger partial charge is 0.481 e. The van der Waals surface area contributed by atoms with Gasteiger partial charge in [-0.3, -0.25) is 9.59 Å². The molecule has 4 nitrogen and oxygen atoms in total. The zero-order chi connectivity index (χ0) is 11.5. The van der Waals surface area contributed by atoms with Crippen LogP contribution in [0.1, 0.15) is 39.5 Å². The molecule has 1 rings (SSSR count). The van der Waals surface area contributed by atoms with Gasteiger partial charge in [0.25, 0.3) is 0 Å². The Morgan fingerprint density at radius 1 is 1.47 bits per heavy atom. The van der Waals surface area contributed by atoms with Gasteiger partial charge in [0.05, 0.1) is 0 Å². The van der Waals surface area contributed by atoms with Crippen LogP contribution in [0.3, 0.4) is 0 Å². The van der Waals surface area contributed by atoms with Crippen molar-refractivity contribution < 1.29 is 14.7 Å². The molecule has 4 heteroatoms. The van der Waals surface area contributed by atoms with E-state index in [1.807, 2.05) is 0 Å². The summed E-state index contributed by atoms with van der Waals surface area (Å²) >= 11 is 0. The van der Waals surface area contributed by atoms with Crippen molar-refractivity contribution in [1.29, 1.82) is 0 Å². The molecule has 1 atom stereocenters. The van der Waals surface area contributed by atoms with Gasteiger partial charge in [-0.1, -0.05) is 13.3 Å². The average Bonchev–Trinajstić information content (AvgIpc) is 2.94. The number of nitrogens with one attached hydrogen (secondary N) is 1.